The molecule has 36 heavy (non-hydrogen) atoms. The second-order valence-corrected chi connectivity index (χ2v) is 12.2. The highest BCUT2D eigenvalue weighted by Gasteiger charge is 2.56. The number of hydrogen-bond acceptors (Lipinski definition) is 5. The van der Waals surface area contributed by atoms with Crippen LogP contribution in [0.25, 0.3) is 0 Å². The van der Waals surface area contributed by atoms with Gasteiger partial charge < -0.3 is 10.0 Å². The van der Waals surface area contributed by atoms with Crippen molar-refractivity contribution in [1.29, 1.82) is 0 Å². The van der Waals surface area contributed by atoms with Crippen LogP contribution in [0.5, 0.6) is 0 Å². The molecule has 5 nitrogen and oxygen atoms in total. The zero-order valence-electron chi connectivity index (χ0n) is 22.2. The van der Waals surface area contributed by atoms with Gasteiger partial charge in [-0.25, -0.2) is 0 Å². The molecular formula is C31H44N4O. The summed E-state index contributed by atoms with van der Waals surface area (Å²) in [6.45, 7) is 4.24. The number of piperidine rings is 1. The summed E-state index contributed by atoms with van der Waals surface area (Å²) in [5, 5.41) is 11.8. The van der Waals surface area contributed by atoms with Gasteiger partial charge in [-0.15, -0.1) is 0 Å². The Kier molecular flexibility index (Phi) is 6.62. The molecule has 0 aromatic heterocycles. The second-order valence-electron chi connectivity index (χ2n) is 12.2. The van der Waals surface area contributed by atoms with Gasteiger partial charge in [-0.3, -0.25) is 14.7 Å². The van der Waals surface area contributed by atoms with Crippen LogP contribution in [0.4, 0.5) is 5.69 Å². The highest BCUT2D eigenvalue weighted by molar-refractivity contribution is 5.46. The van der Waals surface area contributed by atoms with Crippen molar-refractivity contribution >= 4 is 5.69 Å². The summed E-state index contributed by atoms with van der Waals surface area (Å²) in [5.41, 5.74) is 2.98. The number of anilines is 1. The third kappa shape index (κ3) is 4.38. The highest BCUT2D eigenvalue weighted by atomic mass is 16.3. The molecule has 1 N–H and O–H groups in total. The Morgan fingerprint density at radius 3 is 2.03 bits per heavy atom. The maximum absolute atomic E-state index is 11.8. The molecule has 2 aromatic rings. The quantitative estimate of drug-likeness (QED) is 0.636. The summed E-state index contributed by atoms with van der Waals surface area (Å²) in [6, 6.07) is 22.4. The van der Waals surface area contributed by atoms with Gasteiger partial charge in [0.1, 0.15) is 0 Å². The SMILES string of the molecule is CN(C)[C@]1(c2ccccc2)CC[C@]2(CC1)CN(C1CCN(c3ccccc3)CC1)C(O)N2CC1CC1. The van der Waals surface area contributed by atoms with Crippen molar-refractivity contribution in [3.63, 3.8) is 0 Å². The first kappa shape index (κ1) is 24.4. The lowest BCUT2D eigenvalue weighted by molar-refractivity contribution is -0.105. The largest absolute Gasteiger partial charge is 0.371 e. The standard InChI is InChI=1S/C31H44N4O/c1-32(2)31(26-9-5-3-6-10-26)19-17-30(18-20-31)24-34(29(36)35(30)23-25-13-14-25)28-15-21-33(22-16-28)27-11-7-4-8-12-27/h3-12,25,28-29,36H,13-24H2,1-2H3/t29?,30-,31+. The van der Waals surface area contributed by atoms with Crippen molar-refractivity contribution in [2.75, 3.05) is 45.2 Å². The van der Waals surface area contributed by atoms with E-state index in [1.54, 1.807) is 0 Å². The third-order valence-electron chi connectivity index (χ3n) is 10.0. The Bertz CT molecular complexity index is 992. The van der Waals surface area contributed by atoms with Crippen molar-refractivity contribution in [1.82, 2.24) is 14.7 Å². The molecule has 0 amide bonds. The monoisotopic (exact) mass is 488 g/mol. The molecule has 2 saturated carbocycles. The molecule has 1 unspecified atom stereocenters. The van der Waals surface area contributed by atoms with E-state index in [0.29, 0.717) is 6.04 Å². The summed E-state index contributed by atoms with van der Waals surface area (Å²) in [7, 11) is 4.51. The van der Waals surface area contributed by atoms with E-state index in [1.807, 2.05) is 0 Å². The molecule has 2 aliphatic carbocycles. The lowest BCUT2D eigenvalue weighted by Gasteiger charge is -2.51. The average Bonchev–Trinajstić information content (AvgIpc) is 3.72. The maximum atomic E-state index is 11.8. The Balaban J connectivity index is 1.19. The minimum Gasteiger partial charge on any atom is -0.371 e. The van der Waals surface area contributed by atoms with E-state index in [2.05, 4.69) is 94.4 Å². The van der Waals surface area contributed by atoms with E-state index in [-0.39, 0.29) is 11.1 Å². The topological polar surface area (TPSA) is 33.2 Å². The fourth-order valence-corrected chi connectivity index (χ4v) is 7.53. The fourth-order valence-electron chi connectivity index (χ4n) is 7.53. The molecule has 5 heteroatoms. The molecule has 2 aliphatic heterocycles. The van der Waals surface area contributed by atoms with Gasteiger partial charge in [0.15, 0.2) is 6.35 Å². The van der Waals surface area contributed by atoms with Crippen LogP contribution in [0.3, 0.4) is 0 Å². The van der Waals surface area contributed by atoms with Crippen LogP contribution in [0, 0.1) is 5.92 Å². The van der Waals surface area contributed by atoms with Crippen LogP contribution in [0.15, 0.2) is 60.7 Å². The molecule has 2 heterocycles. The van der Waals surface area contributed by atoms with Crippen LogP contribution in [0.1, 0.15) is 56.9 Å². The number of benzene rings is 2. The number of aliphatic hydroxyl groups is 1. The second kappa shape index (κ2) is 9.75. The van der Waals surface area contributed by atoms with Crippen molar-refractivity contribution in [2.45, 2.75) is 74.8 Å². The number of nitrogens with zero attached hydrogens (tertiary/aromatic N) is 4. The average molecular weight is 489 g/mol. The summed E-state index contributed by atoms with van der Waals surface area (Å²) >= 11 is 0. The van der Waals surface area contributed by atoms with E-state index >= 15 is 0 Å². The van der Waals surface area contributed by atoms with Crippen LogP contribution in [-0.4, -0.2) is 78.0 Å². The van der Waals surface area contributed by atoms with Crippen molar-refractivity contribution in [2.24, 2.45) is 5.92 Å². The van der Waals surface area contributed by atoms with E-state index in [4.69, 9.17) is 0 Å². The fraction of sp³-hybridized carbons (Fsp3) is 0.613. The Labute approximate surface area is 217 Å². The molecular weight excluding hydrogens is 444 g/mol. The molecule has 2 saturated heterocycles. The first-order valence-corrected chi connectivity index (χ1v) is 14.2. The molecule has 1 atom stereocenters. The number of para-hydroxylation sites is 1. The number of rotatable bonds is 6. The van der Waals surface area contributed by atoms with Gasteiger partial charge in [0, 0.05) is 49.0 Å². The first-order chi connectivity index (χ1) is 17.5. The molecule has 194 valence electrons. The minimum atomic E-state index is -0.428. The van der Waals surface area contributed by atoms with Crippen LogP contribution < -0.4 is 4.90 Å². The van der Waals surface area contributed by atoms with Gasteiger partial charge in [-0.05, 0) is 89.1 Å². The Morgan fingerprint density at radius 1 is 0.833 bits per heavy atom. The predicted octanol–water partition coefficient (Wildman–Crippen LogP) is 4.73. The maximum Gasteiger partial charge on any atom is 0.166 e. The lowest BCUT2D eigenvalue weighted by atomic mass is 9.68. The zero-order chi connectivity index (χ0) is 24.8. The van der Waals surface area contributed by atoms with Gasteiger partial charge in [-0.2, -0.15) is 0 Å². The van der Waals surface area contributed by atoms with Crippen LogP contribution >= 0.6 is 0 Å². The molecule has 2 aromatic carbocycles. The number of hydrogen-bond donors (Lipinski definition) is 1. The Hall–Kier alpha value is -1.92. The Morgan fingerprint density at radius 2 is 1.44 bits per heavy atom. The van der Waals surface area contributed by atoms with Crippen molar-refractivity contribution in [3.8, 4) is 0 Å². The summed E-state index contributed by atoms with van der Waals surface area (Å²) in [4.78, 5) is 10.0. The lowest BCUT2D eigenvalue weighted by Crippen LogP contribution is -2.56. The van der Waals surface area contributed by atoms with E-state index in [0.717, 1.165) is 70.6 Å². The molecule has 6 rings (SSSR count). The molecule has 0 radical (unpaired) electrons. The molecule has 4 aliphatic rings. The van der Waals surface area contributed by atoms with Gasteiger partial charge in [0.25, 0.3) is 0 Å². The highest BCUT2D eigenvalue weighted by Crippen LogP contribution is 2.51. The van der Waals surface area contributed by atoms with Gasteiger partial charge in [-0.1, -0.05) is 48.5 Å². The predicted molar refractivity (Wildman–Crippen MR) is 147 cm³/mol. The van der Waals surface area contributed by atoms with E-state index < -0.39 is 6.35 Å². The van der Waals surface area contributed by atoms with Crippen molar-refractivity contribution < 1.29 is 5.11 Å². The smallest absolute Gasteiger partial charge is 0.166 e. The normalized spacial score (nSPS) is 32.6. The summed E-state index contributed by atoms with van der Waals surface area (Å²) in [6.07, 6.45) is 9.11. The molecule has 0 bridgehead atoms. The van der Waals surface area contributed by atoms with Gasteiger partial charge in [0.2, 0.25) is 0 Å². The zero-order valence-corrected chi connectivity index (χ0v) is 22.2. The van der Waals surface area contributed by atoms with Gasteiger partial charge >= 0.3 is 0 Å². The molecule has 1 spiro atoms. The van der Waals surface area contributed by atoms with Crippen LogP contribution in [-0.2, 0) is 5.54 Å². The summed E-state index contributed by atoms with van der Waals surface area (Å²) in [5.74, 6) is 0.783. The summed E-state index contributed by atoms with van der Waals surface area (Å²) < 4.78 is 0. The molecule has 4 fully saturated rings. The van der Waals surface area contributed by atoms with E-state index in [1.165, 1.54) is 24.1 Å². The first-order valence-electron chi connectivity index (χ1n) is 14.2. The minimum absolute atomic E-state index is 0.0944. The van der Waals surface area contributed by atoms with Crippen LogP contribution in [0.2, 0.25) is 0 Å². The number of aliphatic hydroxyl groups excluding tert-OH is 1. The third-order valence-corrected chi connectivity index (χ3v) is 10.0. The van der Waals surface area contributed by atoms with Crippen molar-refractivity contribution in [3.05, 3.63) is 66.2 Å². The van der Waals surface area contributed by atoms with E-state index in [9.17, 15) is 5.11 Å². The van der Waals surface area contributed by atoms with Gasteiger partial charge in [0.05, 0.1) is 0 Å².